The smallest absolute Gasteiger partial charge is 0.246 e. The first-order valence-electron chi connectivity index (χ1n) is 6.02. The van der Waals surface area contributed by atoms with Crippen molar-refractivity contribution in [2.24, 2.45) is 0 Å². The average Bonchev–Trinajstić information content (AvgIpc) is 3.00. The standard InChI is InChI=1S/C11H13ClN4O4/c1-19-10-8-9(14-11(12)15-10)16(4-13-8)7-2-5(18)6(3-17)20-7/h4-7,17-18H,2-3H2,1H3/t5-,6+,7+/m0/s1. The molecule has 3 atom stereocenters. The van der Waals surface area contributed by atoms with Gasteiger partial charge in [0, 0.05) is 6.42 Å². The number of rotatable bonds is 3. The number of aliphatic hydroxyl groups is 2. The van der Waals surface area contributed by atoms with Gasteiger partial charge in [0.1, 0.15) is 12.3 Å². The Balaban J connectivity index is 2.03. The number of ether oxygens (including phenoxy) is 2. The lowest BCUT2D eigenvalue weighted by atomic mass is 10.2. The molecule has 108 valence electrons. The number of methoxy groups -OCH3 is 1. The number of hydrogen-bond donors (Lipinski definition) is 2. The van der Waals surface area contributed by atoms with Gasteiger partial charge >= 0.3 is 0 Å². The summed E-state index contributed by atoms with van der Waals surface area (Å²) in [6.45, 7) is -0.247. The Labute approximate surface area is 118 Å². The molecule has 3 heterocycles. The highest BCUT2D eigenvalue weighted by Gasteiger charge is 2.35. The second-order valence-electron chi connectivity index (χ2n) is 4.44. The van der Waals surface area contributed by atoms with Gasteiger partial charge in [0.25, 0.3) is 0 Å². The van der Waals surface area contributed by atoms with Crippen molar-refractivity contribution in [3.8, 4) is 5.88 Å². The minimum Gasteiger partial charge on any atom is -0.479 e. The van der Waals surface area contributed by atoms with Gasteiger partial charge in [0.05, 0.1) is 26.1 Å². The highest BCUT2D eigenvalue weighted by atomic mass is 35.5. The number of hydrogen-bond acceptors (Lipinski definition) is 7. The number of nitrogens with zero attached hydrogens (tertiary/aromatic N) is 4. The third-order valence-electron chi connectivity index (χ3n) is 3.25. The summed E-state index contributed by atoms with van der Waals surface area (Å²) in [5.74, 6) is 0.274. The zero-order chi connectivity index (χ0) is 14.3. The quantitative estimate of drug-likeness (QED) is 0.777. The minimum absolute atomic E-state index is 0.0355. The van der Waals surface area contributed by atoms with E-state index < -0.39 is 18.4 Å². The lowest BCUT2D eigenvalue weighted by Gasteiger charge is -2.13. The van der Waals surface area contributed by atoms with Gasteiger partial charge in [-0.05, 0) is 11.6 Å². The molecule has 0 unspecified atom stereocenters. The molecule has 1 aliphatic heterocycles. The molecule has 0 bridgehead atoms. The first-order valence-corrected chi connectivity index (χ1v) is 6.40. The van der Waals surface area contributed by atoms with Crippen molar-refractivity contribution in [3.63, 3.8) is 0 Å². The highest BCUT2D eigenvalue weighted by Crippen LogP contribution is 2.32. The van der Waals surface area contributed by atoms with E-state index in [-0.39, 0.29) is 17.8 Å². The lowest BCUT2D eigenvalue weighted by Crippen LogP contribution is -2.24. The molecule has 2 N–H and O–H groups in total. The number of aliphatic hydroxyl groups excluding tert-OH is 2. The Morgan fingerprint density at radius 2 is 2.35 bits per heavy atom. The van der Waals surface area contributed by atoms with Crippen molar-refractivity contribution in [3.05, 3.63) is 11.6 Å². The van der Waals surface area contributed by atoms with Crippen LogP contribution in [0.3, 0.4) is 0 Å². The maximum Gasteiger partial charge on any atom is 0.246 e. The van der Waals surface area contributed by atoms with Gasteiger partial charge in [-0.2, -0.15) is 9.97 Å². The third kappa shape index (κ3) is 2.10. The van der Waals surface area contributed by atoms with Crippen LogP contribution in [0.25, 0.3) is 11.2 Å². The Bertz CT molecular complexity index is 634. The fourth-order valence-electron chi connectivity index (χ4n) is 2.27. The van der Waals surface area contributed by atoms with E-state index in [9.17, 15) is 5.11 Å². The average molecular weight is 301 g/mol. The van der Waals surface area contributed by atoms with E-state index in [2.05, 4.69) is 15.0 Å². The van der Waals surface area contributed by atoms with Crippen molar-refractivity contribution in [1.29, 1.82) is 0 Å². The molecule has 3 rings (SSSR count). The topological polar surface area (TPSA) is 103 Å². The molecule has 0 spiro atoms. The van der Waals surface area contributed by atoms with Gasteiger partial charge in [0.2, 0.25) is 11.2 Å². The van der Waals surface area contributed by atoms with Gasteiger partial charge in [0.15, 0.2) is 11.2 Å². The Morgan fingerprint density at radius 3 is 3.00 bits per heavy atom. The molecule has 8 nitrogen and oxygen atoms in total. The third-order valence-corrected chi connectivity index (χ3v) is 3.42. The lowest BCUT2D eigenvalue weighted by molar-refractivity contribution is -0.0432. The van der Waals surface area contributed by atoms with Crippen LogP contribution in [0.1, 0.15) is 12.6 Å². The maximum atomic E-state index is 9.78. The van der Waals surface area contributed by atoms with Crippen molar-refractivity contribution in [1.82, 2.24) is 19.5 Å². The van der Waals surface area contributed by atoms with Gasteiger partial charge in [-0.25, -0.2) is 4.98 Å². The van der Waals surface area contributed by atoms with Gasteiger partial charge in [-0.1, -0.05) is 0 Å². The first-order chi connectivity index (χ1) is 9.63. The fraction of sp³-hybridized carbons (Fsp3) is 0.545. The zero-order valence-corrected chi connectivity index (χ0v) is 11.4. The van der Waals surface area contributed by atoms with Crippen LogP contribution in [0.15, 0.2) is 6.33 Å². The summed E-state index contributed by atoms with van der Waals surface area (Å²) in [7, 11) is 1.47. The van der Waals surface area contributed by atoms with Crippen LogP contribution < -0.4 is 4.74 Å². The summed E-state index contributed by atoms with van der Waals surface area (Å²) in [6.07, 6.45) is 0.0387. The van der Waals surface area contributed by atoms with E-state index >= 15 is 0 Å². The first kappa shape index (κ1) is 13.5. The Kier molecular flexibility index (Phi) is 3.47. The monoisotopic (exact) mass is 300 g/mol. The van der Waals surface area contributed by atoms with E-state index in [1.165, 1.54) is 13.4 Å². The van der Waals surface area contributed by atoms with E-state index in [4.69, 9.17) is 26.2 Å². The Hall–Kier alpha value is -1.48. The molecule has 9 heteroatoms. The second-order valence-corrected chi connectivity index (χ2v) is 4.78. The van der Waals surface area contributed by atoms with Crippen LogP contribution in [-0.4, -0.2) is 55.7 Å². The molecule has 0 aromatic carbocycles. The number of fused-ring (bicyclic) bond motifs is 1. The van der Waals surface area contributed by atoms with Crippen LogP contribution in [0.5, 0.6) is 5.88 Å². The van der Waals surface area contributed by atoms with Crippen molar-refractivity contribution < 1.29 is 19.7 Å². The van der Waals surface area contributed by atoms with E-state index in [0.717, 1.165) is 0 Å². The van der Waals surface area contributed by atoms with E-state index in [1.54, 1.807) is 4.57 Å². The summed E-state index contributed by atoms with van der Waals surface area (Å²) in [6, 6.07) is 0. The summed E-state index contributed by atoms with van der Waals surface area (Å²) >= 11 is 5.85. The molecule has 20 heavy (non-hydrogen) atoms. The maximum absolute atomic E-state index is 9.78. The summed E-state index contributed by atoms with van der Waals surface area (Å²) < 4.78 is 12.3. The molecule has 0 radical (unpaired) electrons. The predicted molar refractivity (Wildman–Crippen MR) is 68.5 cm³/mol. The van der Waals surface area contributed by atoms with Gasteiger partial charge < -0.3 is 19.7 Å². The highest BCUT2D eigenvalue weighted by molar-refractivity contribution is 6.28. The Morgan fingerprint density at radius 1 is 1.55 bits per heavy atom. The molecule has 0 saturated carbocycles. The zero-order valence-electron chi connectivity index (χ0n) is 10.6. The summed E-state index contributed by atoms with van der Waals surface area (Å²) in [5.41, 5.74) is 0.917. The number of halogens is 1. The van der Waals surface area contributed by atoms with Crippen LogP contribution in [0.2, 0.25) is 5.28 Å². The molecule has 2 aromatic rings. The number of aromatic nitrogens is 4. The predicted octanol–water partition coefficient (Wildman–Crippen LogP) is 0.129. The minimum atomic E-state index is -0.735. The SMILES string of the molecule is COc1nc(Cl)nc2c1ncn2[C@H]1C[C@H](O)[C@@H](CO)O1. The van der Waals surface area contributed by atoms with E-state index in [1.807, 2.05) is 0 Å². The molecule has 1 aliphatic rings. The fourth-order valence-corrected chi connectivity index (χ4v) is 2.43. The van der Waals surface area contributed by atoms with Crippen molar-refractivity contribution >= 4 is 22.8 Å². The van der Waals surface area contributed by atoms with Crippen LogP contribution in [0, 0.1) is 0 Å². The molecular formula is C11H13ClN4O4. The normalized spacial score (nSPS) is 26.3. The molecule has 0 amide bonds. The van der Waals surface area contributed by atoms with Crippen molar-refractivity contribution in [2.45, 2.75) is 24.9 Å². The number of imidazole rings is 1. The van der Waals surface area contributed by atoms with Gasteiger partial charge in [-0.3, -0.25) is 4.57 Å². The molecule has 0 aliphatic carbocycles. The van der Waals surface area contributed by atoms with Crippen LogP contribution in [-0.2, 0) is 4.74 Å². The largest absolute Gasteiger partial charge is 0.479 e. The van der Waals surface area contributed by atoms with Crippen LogP contribution >= 0.6 is 11.6 Å². The second kappa shape index (κ2) is 5.13. The molecule has 1 saturated heterocycles. The molecular weight excluding hydrogens is 288 g/mol. The van der Waals surface area contributed by atoms with Gasteiger partial charge in [-0.15, -0.1) is 0 Å². The summed E-state index contributed by atoms with van der Waals surface area (Å²) in [4.78, 5) is 12.2. The summed E-state index contributed by atoms with van der Waals surface area (Å²) in [5, 5.41) is 18.9. The molecule has 2 aromatic heterocycles. The van der Waals surface area contributed by atoms with Crippen LogP contribution in [0.4, 0.5) is 0 Å². The molecule has 1 fully saturated rings. The van der Waals surface area contributed by atoms with Crippen molar-refractivity contribution in [2.75, 3.05) is 13.7 Å². The van der Waals surface area contributed by atoms with E-state index in [0.29, 0.717) is 17.6 Å².